The van der Waals surface area contributed by atoms with E-state index in [4.69, 9.17) is 0 Å². The maximum atomic E-state index is 12.2. The third-order valence-corrected chi connectivity index (χ3v) is 3.87. The fourth-order valence-corrected chi connectivity index (χ4v) is 2.60. The molecule has 1 aliphatic rings. The fraction of sp³-hybridized carbons (Fsp3) is 0.786. The Hall–Kier alpha value is -1.39. The van der Waals surface area contributed by atoms with Crippen LogP contribution in [0.3, 0.4) is 0 Å². The van der Waals surface area contributed by atoms with Crippen LogP contribution >= 0.6 is 0 Å². The highest BCUT2D eigenvalue weighted by Crippen LogP contribution is 2.24. The molecule has 4 amide bonds. The van der Waals surface area contributed by atoms with E-state index in [9.17, 15) is 14.4 Å². The van der Waals surface area contributed by atoms with Crippen LogP contribution in [0.15, 0.2) is 0 Å². The summed E-state index contributed by atoms with van der Waals surface area (Å²) in [5.41, 5.74) is 0. The first-order chi connectivity index (χ1) is 8.79. The van der Waals surface area contributed by atoms with Crippen molar-refractivity contribution in [2.75, 3.05) is 6.54 Å². The van der Waals surface area contributed by atoms with Gasteiger partial charge in [-0.05, 0) is 24.2 Å². The molecule has 1 fully saturated rings. The molecule has 1 heterocycles. The number of carbonyl (C=O) groups excluding carboxylic acids is 3. The van der Waals surface area contributed by atoms with E-state index < -0.39 is 17.9 Å². The Kier molecular flexibility index (Phi) is 5.09. The quantitative estimate of drug-likeness (QED) is 0.776. The van der Waals surface area contributed by atoms with E-state index in [1.165, 1.54) is 4.90 Å². The van der Waals surface area contributed by atoms with Crippen molar-refractivity contribution >= 4 is 17.8 Å². The molecule has 0 aliphatic carbocycles. The van der Waals surface area contributed by atoms with Crippen molar-refractivity contribution in [1.82, 2.24) is 10.2 Å². The Morgan fingerprint density at radius 3 is 2.05 bits per heavy atom. The average molecular weight is 268 g/mol. The van der Waals surface area contributed by atoms with Crippen molar-refractivity contribution in [3.8, 4) is 0 Å². The normalized spacial score (nSPS) is 20.7. The predicted octanol–water partition coefficient (Wildman–Crippen LogP) is 2.02. The lowest BCUT2D eigenvalue weighted by molar-refractivity contribution is -0.143. The van der Waals surface area contributed by atoms with Crippen molar-refractivity contribution in [3.05, 3.63) is 0 Å². The van der Waals surface area contributed by atoms with Gasteiger partial charge in [0, 0.05) is 6.54 Å². The highest BCUT2D eigenvalue weighted by molar-refractivity contribution is 6.16. The summed E-state index contributed by atoms with van der Waals surface area (Å²) in [6.45, 7) is 10.5. The van der Waals surface area contributed by atoms with Gasteiger partial charge in [0.05, 0.1) is 0 Å². The Morgan fingerprint density at radius 2 is 1.63 bits per heavy atom. The monoisotopic (exact) mass is 268 g/mol. The van der Waals surface area contributed by atoms with E-state index in [1.807, 2.05) is 0 Å². The van der Waals surface area contributed by atoms with E-state index >= 15 is 0 Å². The van der Waals surface area contributed by atoms with Crippen molar-refractivity contribution in [1.29, 1.82) is 0 Å². The Morgan fingerprint density at radius 1 is 1.11 bits per heavy atom. The first kappa shape index (κ1) is 15.7. The predicted molar refractivity (Wildman–Crippen MR) is 72.2 cm³/mol. The first-order valence-corrected chi connectivity index (χ1v) is 6.95. The lowest BCUT2D eigenvalue weighted by Crippen LogP contribution is -2.59. The molecule has 1 N–H and O–H groups in total. The standard InChI is InChI=1S/C14H24N2O3/c1-6-10-12(17)15-14(19)16(13(10)18)7-11(8(2)3)9(4)5/h8-11H,6-7H2,1-5H3,(H,15,17,19). The zero-order chi connectivity index (χ0) is 14.7. The first-order valence-electron chi connectivity index (χ1n) is 6.95. The van der Waals surface area contributed by atoms with Crippen molar-refractivity contribution in [2.45, 2.75) is 41.0 Å². The smallest absolute Gasteiger partial charge is 0.277 e. The average Bonchev–Trinajstić information content (AvgIpc) is 2.27. The van der Waals surface area contributed by atoms with Crippen LogP contribution in [0.1, 0.15) is 41.0 Å². The third kappa shape index (κ3) is 3.33. The molecule has 0 aromatic carbocycles. The number of urea groups is 1. The summed E-state index contributed by atoms with van der Waals surface area (Å²) in [6.07, 6.45) is 0.419. The maximum Gasteiger partial charge on any atom is 0.330 e. The number of amides is 4. The molecule has 1 atom stereocenters. The van der Waals surface area contributed by atoms with Crippen LogP contribution in [0, 0.1) is 23.7 Å². The number of hydrogen-bond acceptors (Lipinski definition) is 3. The Labute approximate surface area is 114 Å². The van der Waals surface area contributed by atoms with Gasteiger partial charge in [0.25, 0.3) is 0 Å². The number of carbonyl (C=O) groups is 3. The zero-order valence-electron chi connectivity index (χ0n) is 12.4. The number of nitrogens with one attached hydrogen (secondary N) is 1. The molecule has 0 radical (unpaired) electrons. The second-order valence-electron chi connectivity index (χ2n) is 5.86. The van der Waals surface area contributed by atoms with E-state index in [2.05, 4.69) is 33.0 Å². The van der Waals surface area contributed by atoms with E-state index in [-0.39, 0.29) is 11.8 Å². The minimum atomic E-state index is -0.724. The number of rotatable bonds is 5. The molecule has 5 heteroatoms. The fourth-order valence-electron chi connectivity index (χ4n) is 2.60. The van der Waals surface area contributed by atoms with Crippen LogP contribution in [0.4, 0.5) is 4.79 Å². The number of barbiturate groups is 1. The third-order valence-electron chi connectivity index (χ3n) is 3.87. The van der Waals surface area contributed by atoms with Crippen LogP contribution in [-0.4, -0.2) is 29.3 Å². The minimum Gasteiger partial charge on any atom is -0.277 e. The zero-order valence-corrected chi connectivity index (χ0v) is 12.4. The molecule has 0 spiro atoms. The van der Waals surface area contributed by atoms with Gasteiger partial charge in [-0.15, -0.1) is 0 Å². The van der Waals surface area contributed by atoms with Crippen LogP contribution in [0.25, 0.3) is 0 Å². The molecule has 0 aromatic rings. The molecular formula is C14H24N2O3. The second-order valence-corrected chi connectivity index (χ2v) is 5.86. The van der Waals surface area contributed by atoms with Gasteiger partial charge in [-0.3, -0.25) is 19.8 Å². The van der Waals surface area contributed by atoms with Crippen LogP contribution < -0.4 is 5.32 Å². The molecule has 1 aliphatic heterocycles. The van der Waals surface area contributed by atoms with Gasteiger partial charge < -0.3 is 0 Å². The summed E-state index contributed by atoms with van der Waals surface area (Å²) in [4.78, 5) is 36.8. The Balaban J connectivity index is 2.89. The van der Waals surface area contributed by atoms with Crippen molar-refractivity contribution in [2.24, 2.45) is 23.7 Å². The number of nitrogens with zero attached hydrogens (tertiary/aromatic N) is 1. The second kappa shape index (κ2) is 6.17. The van der Waals surface area contributed by atoms with Crippen LogP contribution in [0.2, 0.25) is 0 Å². The summed E-state index contributed by atoms with van der Waals surface area (Å²) < 4.78 is 0. The van der Waals surface area contributed by atoms with Crippen LogP contribution in [-0.2, 0) is 9.59 Å². The van der Waals surface area contributed by atoms with Gasteiger partial charge in [-0.1, -0.05) is 34.6 Å². The van der Waals surface area contributed by atoms with Gasteiger partial charge in [0.15, 0.2) is 0 Å². The van der Waals surface area contributed by atoms with E-state index in [0.29, 0.717) is 24.8 Å². The van der Waals surface area contributed by atoms with E-state index in [0.717, 1.165) is 0 Å². The molecular weight excluding hydrogens is 244 g/mol. The summed E-state index contributed by atoms with van der Waals surface area (Å²) in [7, 11) is 0. The summed E-state index contributed by atoms with van der Waals surface area (Å²) in [6, 6.07) is -0.578. The lowest BCUT2D eigenvalue weighted by atomic mass is 9.84. The van der Waals surface area contributed by atoms with Crippen molar-refractivity contribution in [3.63, 3.8) is 0 Å². The maximum absolute atomic E-state index is 12.2. The Bertz CT molecular complexity index is 369. The van der Waals surface area contributed by atoms with Gasteiger partial charge in [-0.25, -0.2) is 4.79 Å². The number of hydrogen-bond donors (Lipinski definition) is 1. The molecule has 0 aromatic heterocycles. The van der Waals surface area contributed by atoms with Crippen molar-refractivity contribution < 1.29 is 14.4 Å². The molecule has 19 heavy (non-hydrogen) atoms. The highest BCUT2D eigenvalue weighted by atomic mass is 16.2. The SMILES string of the molecule is CCC1C(=O)NC(=O)N(CC(C(C)C)C(C)C)C1=O. The molecule has 108 valence electrons. The molecule has 0 bridgehead atoms. The van der Waals surface area contributed by atoms with Gasteiger partial charge in [0.1, 0.15) is 5.92 Å². The summed E-state index contributed by atoms with van der Waals surface area (Å²) >= 11 is 0. The van der Waals surface area contributed by atoms with Gasteiger partial charge in [0.2, 0.25) is 11.8 Å². The number of imide groups is 2. The summed E-state index contributed by atoms with van der Waals surface area (Å²) in [5, 5.41) is 2.27. The molecule has 1 rings (SSSR count). The summed E-state index contributed by atoms with van der Waals surface area (Å²) in [5.74, 6) is -0.573. The lowest BCUT2D eigenvalue weighted by Gasteiger charge is -2.35. The molecule has 1 saturated heterocycles. The van der Waals surface area contributed by atoms with Gasteiger partial charge >= 0.3 is 6.03 Å². The molecule has 5 nitrogen and oxygen atoms in total. The molecule has 0 saturated carbocycles. The highest BCUT2D eigenvalue weighted by Gasteiger charge is 2.40. The van der Waals surface area contributed by atoms with Gasteiger partial charge in [-0.2, -0.15) is 0 Å². The minimum absolute atomic E-state index is 0.236. The topological polar surface area (TPSA) is 66.5 Å². The van der Waals surface area contributed by atoms with Crippen LogP contribution in [0.5, 0.6) is 0 Å². The van der Waals surface area contributed by atoms with E-state index in [1.54, 1.807) is 6.92 Å². The largest absolute Gasteiger partial charge is 0.330 e. The molecule has 1 unspecified atom stereocenters.